The van der Waals surface area contributed by atoms with Gasteiger partial charge in [-0.15, -0.1) is 11.6 Å². The van der Waals surface area contributed by atoms with Crippen LogP contribution in [0.5, 0.6) is 5.75 Å². The molecule has 0 aromatic heterocycles. The monoisotopic (exact) mass is 234 g/mol. The van der Waals surface area contributed by atoms with E-state index in [0.29, 0.717) is 0 Å². The maximum absolute atomic E-state index is 12.0. The molecule has 0 amide bonds. The molecule has 0 atom stereocenters. The van der Waals surface area contributed by atoms with Gasteiger partial charge in [0, 0.05) is 12.3 Å². The normalized spacial score (nSPS) is 10.4. The second kappa shape index (κ2) is 5.66. The molecule has 0 fully saturated rings. The van der Waals surface area contributed by atoms with E-state index in [2.05, 4.69) is 4.74 Å². The van der Waals surface area contributed by atoms with Crippen LogP contribution in [0.2, 0.25) is 0 Å². The van der Waals surface area contributed by atoms with Crippen molar-refractivity contribution in [1.82, 2.24) is 0 Å². The maximum atomic E-state index is 12.0. The third-order valence-corrected chi connectivity index (χ3v) is 1.91. The third-order valence-electron chi connectivity index (χ3n) is 1.73. The third kappa shape index (κ3) is 3.47. The lowest BCUT2D eigenvalue weighted by Crippen LogP contribution is -2.08. The topological polar surface area (TPSA) is 26.3 Å². The molecular formula is C10H9ClF2O2. The average molecular weight is 235 g/mol. The molecule has 5 heteroatoms. The Morgan fingerprint density at radius 3 is 2.67 bits per heavy atom. The number of ketones is 1. The van der Waals surface area contributed by atoms with E-state index in [1.165, 1.54) is 18.2 Å². The van der Waals surface area contributed by atoms with Crippen LogP contribution in [0.25, 0.3) is 0 Å². The molecule has 1 rings (SSSR count). The molecule has 0 heterocycles. The fourth-order valence-electron chi connectivity index (χ4n) is 1.12. The summed E-state index contributed by atoms with van der Waals surface area (Å²) in [6.07, 6.45) is 0.102. The summed E-state index contributed by atoms with van der Waals surface area (Å²) in [4.78, 5) is 11.4. The summed E-state index contributed by atoms with van der Waals surface area (Å²) >= 11 is 5.39. The Labute approximate surface area is 90.8 Å². The zero-order valence-electron chi connectivity index (χ0n) is 7.75. The van der Waals surface area contributed by atoms with Crippen LogP contribution in [0.3, 0.4) is 0 Å². The number of ether oxygens (including phenoxy) is 1. The zero-order valence-corrected chi connectivity index (χ0v) is 8.51. The first kappa shape index (κ1) is 11.9. The number of halogens is 3. The van der Waals surface area contributed by atoms with Crippen molar-refractivity contribution in [1.29, 1.82) is 0 Å². The van der Waals surface area contributed by atoms with E-state index in [9.17, 15) is 13.6 Å². The second-order valence-electron chi connectivity index (χ2n) is 2.74. The van der Waals surface area contributed by atoms with E-state index in [1.54, 1.807) is 6.07 Å². The van der Waals surface area contributed by atoms with Gasteiger partial charge in [-0.25, -0.2) is 0 Å². The number of hydrogen-bond donors (Lipinski definition) is 0. The molecule has 0 aliphatic carbocycles. The Morgan fingerprint density at radius 2 is 2.07 bits per heavy atom. The molecule has 0 aliphatic rings. The predicted molar refractivity (Wildman–Crippen MR) is 52.7 cm³/mol. The molecule has 2 nitrogen and oxygen atoms in total. The van der Waals surface area contributed by atoms with E-state index in [1.807, 2.05) is 0 Å². The summed E-state index contributed by atoms with van der Waals surface area (Å²) in [5, 5.41) is 0. The largest absolute Gasteiger partial charge is 0.434 e. The van der Waals surface area contributed by atoms with Crippen molar-refractivity contribution in [2.45, 2.75) is 13.0 Å². The van der Waals surface area contributed by atoms with Gasteiger partial charge in [0.05, 0.1) is 5.56 Å². The molecule has 1 aromatic carbocycles. The molecule has 0 spiro atoms. The number of para-hydroxylation sites is 1. The number of Topliss-reactive ketones (excluding diaryl/α,β-unsaturated/α-hetero) is 1. The van der Waals surface area contributed by atoms with Crippen LogP contribution in [-0.4, -0.2) is 18.3 Å². The minimum Gasteiger partial charge on any atom is -0.434 e. The highest BCUT2D eigenvalue weighted by Crippen LogP contribution is 2.21. The number of alkyl halides is 3. The first-order valence-corrected chi connectivity index (χ1v) is 4.81. The first-order valence-electron chi connectivity index (χ1n) is 4.28. The maximum Gasteiger partial charge on any atom is 0.387 e. The van der Waals surface area contributed by atoms with E-state index in [-0.39, 0.29) is 29.4 Å². The number of benzene rings is 1. The van der Waals surface area contributed by atoms with Crippen LogP contribution in [0.1, 0.15) is 16.8 Å². The molecule has 0 radical (unpaired) electrons. The van der Waals surface area contributed by atoms with Crippen molar-refractivity contribution < 1.29 is 18.3 Å². The van der Waals surface area contributed by atoms with Gasteiger partial charge in [-0.2, -0.15) is 8.78 Å². The summed E-state index contributed by atoms with van der Waals surface area (Å²) in [5.74, 6) is -0.258. The fraction of sp³-hybridized carbons (Fsp3) is 0.300. The highest BCUT2D eigenvalue weighted by Gasteiger charge is 2.14. The van der Waals surface area contributed by atoms with Crippen molar-refractivity contribution in [3.63, 3.8) is 0 Å². The Hall–Kier alpha value is -1.16. The molecule has 15 heavy (non-hydrogen) atoms. The summed E-state index contributed by atoms with van der Waals surface area (Å²) in [6.45, 7) is -2.94. The van der Waals surface area contributed by atoms with Crippen LogP contribution < -0.4 is 4.74 Å². The van der Waals surface area contributed by atoms with E-state index in [0.717, 1.165) is 0 Å². The summed E-state index contributed by atoms with van der Waals surface area (Å²) in [5.41, 5.74) is 0.137. The SMILES string of the molecule is O=C(CCCl)c1ccccc1OC(F)F. The van der Waals surface area contributed by atoms with Gasteiger partial charge < -0.3 is 4.74 Å². The van der Waals surface area contributed by atoms with Gasteiger partial charge in [-0.1, -0.05) is 12.1 Å². The van der Waals surface area contributed by atoms with Crippen molar-refractivity contribution in [2.24, 2.45) is 0 Å². The number of hydrogen-bond acceptors (Lipinski definition) is 2. The molecule has 0 saturated heterocycles. The molecule has 82 valence electrons. The van der Waals surface area contributed by atoms with Gasteiger partial charge >= 0.3 is 6.61 Å². The summed E-state index contributed by atoms with van der Waals surface area (Å²) in [6, 6.07) is 5.87. The minimum atomic E-state index is -2.94. The van der Waals surface area contributed by atoms with Crippen LogP contribution >= 0.6 is 11.6 Å². The van der Waals surface area contributed by atoms with Crippen LogP contribution in [0.15, 0.2) is 24.3 Å². The lowest BCUT2D eigenvalue weighted by Gasteiger charge is -2.08. The van der Waals surface area contributed by atoms with Crippen LogP contribution in [0, 0.1) is 0 Å². The summed E-state index contributed by atoms with van der Waals surface area (Å²) < 4.78 is 28.2. The highest BCUT2D eigenvalue weighted by molar-refractivity contribution is 6.19. The smallest absolute Gasteiger partial charge is 0.387 e. The lowest BCUT2D eigenvalue weighted by molar-refractivity contribution is -0.0501. The number of carbonyl (C=O) groups is 1. The molecule has 0 aliphatic heterocycles. The lowest BCUT2D eigenvalue weighted by atomic mass is 10.1. The van der Waals surface area contributed by atoms with Crippen molar-refractivity contribution in [3.8, 4) is 5.75 Å². The number of carbonyl (C=O) groups excluding carboxylic acids is 1. The second-order valence-corrected chi connectivity index (χ2v) is 3.11. The average Bonchev–Trinajstić information content (AvgIpc) is 2.18. The Bertz CT molecular complexity index is 342. The fourth-order valence-corrected chi connectivity index (χ4v) is 1.29. The highest BCUT2D eigenvalue weighted by atomic mass is 35.5. The van der Waals surface area contributed by atoms with Crippen LogP contribution in [-0.2, 0) is 0 Å². The molecule has 0 unspecified atom stereocenters. The Morgan fingerprint density at radius 1 is 1.40 bits per heavy atom. The van der Waals surface area contributed by atoms with Crippen LogP contribution in [0.4, 0.5) is 8.78 Å². The molecule has 0 bridgehead atoms. The molecule has 1 aromatic rings. The van der Waals surface area contributed by atoms with Gasteiger partial charge in [-0.05, 0) is 12.1 Å². The van der Waals surface area contributed by atoms with Crippen molar-refractivity contribution >= 4 is 17.4 Å². The zero-order chi connectivity index (χ0) is 11.3. The standard InChI is InChI=1S/C10H9ClF2O2/c11-6-5-8(14)7-3-1-2-4-9(7)15-10(12)13/h1-4,10H,5-6H2. The van der Waals surface area contributed by atoms with E-state index >= 15 is 0 Å². The predicted octanol–water partition coefficient (Wildman–Crippen LogP) is 3.10. The van der Waals surface area contributed by atoms with E-state index < -0.39 is 6.61 Å². The van der Waals surface area contributed by atoms with Crippen molar-refractivity contribution in [3.05, 3.63) is 29.8 Å². The molecule has 0 saturated carbocycles. The number of rotatable bonds is 5. The van der Waals surface area contributed by atoms with Gasteiger partial charge in [0.25, 0.3) is 0 Å². The van der Waals surface area contributed by atoms with Crippen molar-refractivity contribution in [2.75, 3.05) is 5.88 Å². The summed E-state index contributed by atoms with van der Waals surface area (Å²) in [7, 11) is 0. The van der Waals surface area contributed by atoms with Gasteiger partial charge in [0.15, 0.2) is 5.78 Å². The minimum absolute atomic E-state index is 0.102. The molecule has 0 N–H and O–H groups in total. The molecular weight excluding hydrogens is 226 g/mol. The quantitative estimate of drug-likeness (QED) is 0.578. The van der Waals surface area contributed by atoms with Gasteiger partial charge in [-0.3, -0.25) is 4.79 Å². The first-order chi connectivity index (χ1) is 7.15. The van der Waals surface area contributed by atoms with E-state index in [4.69, 9.17) is 11.6 Å². The Balaban J connectivity index is 2.90. The van der Waals surface area contributed by atoms with Gasteiger partial charge in [0.2, 0.25) is 0 Å². The van der Waals surface area contributed by atoms with Gasteiger partial charge in [0.1, 0.15) is 5.75 Å². The Kier molecular flexibility index (Phi) is 4.49.